The predicted octanol–water partition coefficient (Wildman–Crippen LogP) is 3.57. The van der Waals surface area contributed by atoms with Crippen LogP contribution in [0.1, 0.15) is 15.9 Å². The standard InChI is InChI=1S/C18H12Cl2N2O4S/c1-25-15-7-9(6-13-16(23)22-18(27)21-13)2-5-14(15)26-17(24)11-4-3-10(19)8-12(11)20/h2-8H,1H3,(H2,21,22,23,27). The lowest BCUT2D eigenvalue weighted by atomic mass is 10.1. The van der Waals surface area contributed by atoms with Gasteiger partial charge in [0.25, 0.3) is 5.91 Å². The van der Waals surface area contributed by atoms with E-state index >= 15 is 0 Å². The van der Waals surface area contributed by atoms with Crippen molar-refractivity contribution in [1.29, 1.82) is 0 Å². The second kappa shape index (κ2) is 7.96. The number of carbonyl (C=O) groups excluding carboxylic acids is 2. The largest absolute Gasteiger partial charge is 0.493 e. The molecule has 6 nitrogen and oxygen atoms in total. The van der Waals surface area contributed by atoms with Crippen molar-refractivity contribution < 1.29 is 19.1 Å². The van der Waals surface area contributed by atoms with Crippen LogP contribution in [0.15, 0.2) is 42.1 Å². The van der Waals surface area contributed by atoms with Crippen LogP contribution in [0.5, 0.6) is 11.5 Å². The number of carbonyl (C=O) groups is 2. The maximum Gasteiger partial charge on any atom is 0.345 e. The summed E-state index contributed by atoms with van der Waals surface area (Å²) in [6.45, 7) is 0. The molecule has 1 amide bonds. The van der Waals surface area contributed by atoms with E-state index in [-0.39, 0.29) is 27.4 Å². The summed E-state index contributed by atoms with van der Waals surface area (Å²) in [5.41, 5.74) is 1.13. The van der Waals surface area contributed by atoms with Gasteiger partial charge in [-0.25, -0.2) is 4.79 Å². The van der Waals surface area contributed by atoms with E-state index < -0.39 is 5.97 Å². The van der Waals surface area contributed by atoms with Gasteiger partial charge in [-0.2, -0.15) is 0 Å². The van der Waals surface area contributed by atoms with Gasteiger partial charge in [-0.1, -0.05) is 29.3 Å². The number of amides is 1. The van der Waals surface area contributed by atoms with Gasteiger partial charge in [0.05, 0.1) is 17.7 Å². The molecule has 2 aromatic carbocycles. The minimum Gasteiger partial charge on any atom is -0.493 e. The van der Waals surface area contributed by atoms with Crippen LogP contribution >= 0.6 is 35.4 Å². The number of benzene rings is 2. The summed E-state index contributed by atoms with van der Waals surface area (Å²) in [4.78, 5) is 24.1. The summed E-state index contributed by atoms with van der Waals surface area (Å²) in [5, 5.41) is 6.05. The second-order valence-electron chi connectivity index (χ2n) is 5.39. The molecule has 2 N–H and O–H groups in total. The molecule has 0 aliphatic carbocycles. The summed E-state index contributed by atoms with van der Waals surface area (Å²) in [5.74, 6) is -0.464. The zero-order chi connectivity index (χ0) is 19.6. The number of hydrogen-bond acceptors (Lipinski definition) is 5. The number of hydrogen-bond donors (Lipinski definition) is 2. The fourth-order valence-corrected chi connectivity index (χ4v) is 3.01. The van der Waals surface area contributed by atoms with Crippen LogP contribution < -0.4 is 20.1 Å². The van der Waals surface area contributed by atoms with Gasteiger partial charge in [0.1, 0.15) is 5.70 Å². The third-order valence-corrected chi connectivity index (χ3v) is 4.32. The first kappa shape index (κ1) is 19.2. The topological polar surface area (TPSA) is 76.7 Å². The number of thiocarbonyl (C=S) groups is 1. The number of ether oxygens (including phenoxy) is 2. The van der Waals surface area contributed by atoms with Crippen molar-refractivity contribution in [3.8, 4) is 11.5 Å². The molecule has 2 aromatic rings. The average Bonchev–Trinajstić information content (AvgIpc) is 2.93. The van der Waals surface area contributed by atoms with Crippen molar-refractivity contribution in [1.82, 2.24) is 10.6 Å². The van der Waals surface area contributed by atoms with Gasteiger partial charge in [0.15, 0.2) is 16.6 Å². The maximum atomic E-state index is 12.4. The summed E-state index contributed by atoms with van der Waals surface area (Å²) < 4.78 is 10.7. The molecular weight excluding hydrogens is 411 g/mol. The van der Waals surface area contributed by atoms with Crippen LogP contribution in [0.2, 0.25) is 10.0 Å². The quantitative estimate of drug-likeness (QED) is 0.339. The molecule has 1 aliphatic heterocycles. The highest BCUT2D eigenvalue weighted by atomic mass is 35.5. The van der Waals surface area contributed by atoms with Gasteiger partial charge >= 0.3 is 5.97 Å². The highest BCUT2D eigenvalue weighted by Crippen LogP contribution is 2.31. The van der Waals surface area contributed by atoms with Crippen molar-refractivity contribution in [3.05, 3.63) is 63.3 Å². The molecule has 0 atom stereocenters. The first-order valence-electron chi connectivity index (χ1n) is 7.56. The molecule has 0 saturated carbocycles. The third-order valence-electron chi connectivity index (χ3n) is 3.57. The third kappa shape index (κ3) is 4.39. The molecule has 0 aromatic heterocycles. The van der Waals surface area contributed by atoms with Gasteiger partial charge in [0, 0.05) is 5.02 Å². The van der Waals surface area contributed by atoms with Crippen molar-refractivity contribution in [2.24, 2.45) is 0 Å². The lowest BCUT2D eigenvalue weighted by Gasteiger charge is -2.11. The smallest absolute Gasteiger partial charge is 0.345 e. The monoisotopic (exact) mass is 422 g/mol. The molecule has 138 valence electrons. The summed E-state index contributed by atoms with van der Waals surface area (Å²) in [6.07, 6.45) is 1.60. The summed E-state index contributed by atoms with van der Waals surface area (Å²) in [7, 11) is 1.44. The van der Waals surface area contributed by atoms with Crippen molar-refractivity contribution in [2.75, 3.05) is 7.11 Å². The second-order valence-corrected chi connectivity index (χ2v) is 6.64. The van der Waals surface area contributed by atoms with E-state index in [4.69, 9.17) is 44.9 Å². The first-order valence-corrected chi connectivity index (χ1v) is 8.73. The number of esters is 1. The Hall–Kier alpha value is -2.61. The lowest BCUT2D eigenvalue weighted by molar-refractivity contribution is -0.115. The molecule has 9 heteroatoms. The molecular formula is C18H12Cl2N2O4S. The minimum atomic E-state index is -0.650. The van der Waals surface area contributed by atoms with E-state index in [1.165, 1.54) is 19.2 Å². The molecule has 0 unspecified atom stereocenters. The van der Waals surface area contributed by atoms with E-state index in [9.17, 15) is 9.59 Å². The minimum absolute atomic E-state index is 0.176. The van der Waals surface area contributed by atoms with E-state index in [0.29, 0.717) is 22.0 Å². The lowest BCUT2D eigenvalue weighted by Crippen LogP contribution is -2.21. The Kier molecular flexibility index (Phi) is 5.65. The Morgan fingerprint density at radius 2 is 1.89 bits per heavy atom. The molecule has 0 radical (unpaired) electrons. The molecule has 1 fully saturated rings. The Morgan fingerprint density at radius 1 is 1.11 bits per heavy atom. The van der Waals surface area contributed by atoms with Gasteiger partial charge in [-0.05, 0) is 54.2 Å². The van der Waals surface area contributed by atoms with Gasteiger partial charge in [-0.3, -0.25) is 10.1 Å². The molecule has 0 bridgehead atoms. The van der Waals surface area contributed by atoms with E-state index in [2.05, 4.69) is 10.6 Å². The zero-order valence-electron chi connectivity index (χ0n) is 13.8. The van der Waals surface area contributed by atoms with Gasteiger partial charge < -0.3 is 14.8 Å². The average molecular weight is 423 g/mol. The van der Waals surface area contributed by atoms with E-state index in [0.717, 1.165) is 0 Å². The number of rotatable bonds is 4. The summed E-state index contributed by atoms with van der Waals surface area (Å²) in [6, 6.07) is 9.31. The van der Waals surface area contributed by atoms with Crippen molar-refractivity contribution >= 4 is 58.5 Å². The Balaban J connectivity index is 1.84. The fourth-order valence-electron chi connectivity index (χ4n) is 2.32. The summed E-state index contributed by atoms with van der Waals surface area (Å²) >= 11 is 16.7. The van der Waals surface area contributed by atoms with Crippen LogP contribution in [-0.2, 0) is 4.79 Å². The van der Waals surface area contributed by atoms with E-state index in [1.54, 1.807) is 30.3 Å². The van der Waals surface area contributed by atoms with Crippen LogP contribution in [0, 0.1) is 0 Å². The Morgan fingerprint density at radius 3 is 2.52 bits per heavy atom. The molecule has 1 heterocycles. The van der Waals surface area contributed by atoms with Crippen LogP contribution in [0.25, 0.3) is 6.08 Å². The number of nitrogens with one attached hydrogen (secondary N) is 2. The molecule has 3 rings (SSSR count). The number of methoxy groups -OCH3 is 1. The van der Waals surface area contributed by atoms with Crippen molar-refractivity contribution in [2.45, 2.75) is 0 Å². The molecule has 1 aliphatic rings. The van der Waals surface area contributed by atoms with Gasteiger partial charge in [-0.15, -0.1) is 0 Å². The Bertz CT molecular complexity index is 991. The SMILES string of the molecule is COc1cc(C=C2NC(=S)NC2=O)ccc1OC(=O)c1ccc(Cl)cc1Cl. The first-order chi connectivity index (χ1) is 12.9. The number of halogens is 2. The van der Waals surface area contributed by atoms with Crippen LogP contribution in [-0.4, -0.2) is 24.1 Å². The zero-order valence-corrected chi connectivity index (χ0v) is 16.2. The maximum absolute atomic E-state index is 12.4. The molecule has 1 saturated heterocycles. The molecule has 27 heavy (non-hydrogen) atoms. The van der Waals surface area contributed by atoms with Crippen LogP contribution in [0.4, 0.5) is 0 Å². The fraction of sp³-hybridized carbons (Fsp3) is 0.0556. The molecule has 0 spiro atoms. The predicted molar refractivity (Wildman–Crippen MR) is 106 cm³/mol. The van der Waals surface area contributed by atoms with Crippen LogP contribution in [0.3, 0.4) is 0 Å². The Labute approximate surface area is 170 Å². The highest BCUT2D eigenvalue weighted by molar-refractivity contribution is 7.80. The normalized spacial score (nSPS) is 14.7. The van der Waals surface area contributed by atoms with Crippen molar-refractivity contribution in [3.63, 3.8) is 0 Å². The highest BCUT2D eigenvalue weighted by Gasteiger charge is 2.20. The van der Waals surface area contributed by atoms with E-state index in [1.807, 2.05) is 0 Å². The van der Waals surface area contributed by atoms with Gasteiger partial charge in [0.2, 0.25) is 0 Å².